The maximum atomic E-state index is 12.3. The Bertz CT molecular complexity index is 645. The molecule has 9 heteroatoms. The van der Waals surface area contributed by atoms with Crippen molar-refractivity contribution in [3.05, 3.63) is 45.9 Å². The molecule has 24 heavy (non-hydrogen) atoms. The highest BCUT2D eigenvalue weighted by molar-refractivity contribution is 6.40. The van der Waals surface area contributed by atoms with Gasteiger partial charge in [-0.2, -0.15) is 0 Å². The number of hydrogen-bond donors (Lipinski definition) is 0. The second-order valence-corrected chi connectivity index (χ2v) is 6.04. The lowest BCUT2D eigenvalue weighted by Gasteiger charge is -2.22. The van der Waals surface area contributed by atoms with Crippen LogP contribution < -0.4 is 4.74 Å². The van der Waals surface area contributed by atoms with Crippen molar-refractivity contribution in [2.75, 3.05) is 19.7 Å². The number of benzene rings is 1. The smallest absolute Gasteiger partial charge is 0.329 e. The largest absolute Gasteiger partial charge is 0.489 e. The molecule has 0 aliphatic heterocycles. The topological polar surface area (TPSA) is 47.4 Å². The monoisotopic (exact) mass is 407 g/mol. The average Bonchev–Trinajstić information content (AvgIpc) is 3.02. The van der Waals surface area contributed by atoms with E-state index in [1.54, 1.807) is 29.4 Å². The number of imidazole rings is 1. The van der Waals surface area contributed by atoms with Gasteiger partial charge in [0.1, 0.15) is 12.9 Å². The van der Waals surface area contributed by atoms with Crippen molar-refractivity contribution in [1.29, 1.82) is 0 Å². The number of nitrogens with zero attached hydrogens (tertiary/aromatic N) is 3. The fraction of sp³-hybridized carbons (Fsp3) is 0.333. The molecule has 0 atom stereocenters. The van der Waals surface area contributed by atoms with Crippen molar-refractivity contribution in [3.8, 4) is 5.75 Å². The van der Waals surface area contributed by atoms with Crippen molar-refractivity contribution >= 4 is 51.8 Å². The first-order chi connectivity index (χ1) is 11.0. The first-order valence-corrected chi connectivity index (χ1v) is 8.21. The van der Waals surface area contributed by atoms with E-state index >= 15 is 0 Å². The molecule has 1 amide bonds. The minimum atomic E-state index is -0.152. The highest BCUT2D eigenvalue weighted by Crippen LogP contribution is 2.35. The molecule has 1 aromatic heterocycles. The highest BCUT2D eigenvalue weighted by Gasteiger charge is 2.15. The molecule has 0 radical (unpaired) electrons. The minimum Gasteiger partial charge on any atom is -0.489 e. The molecule has 5 nitrogen and oxygen atoms in total. The van der Waals surface area contributed by atoms with Gasteiger partial charge in [-0.1, -0.05) is 41.7 Å². The summed E-state index contributed by atoms with van der Waals surface area (Å²) in [6.07, 6.45) is 5.48. The van der Waals surface area contributed by atoms with Crippen LogP contribution in [0.5, 0.6) is 5.75 Å². The van der Waals surface area contributed by atoms with Gasteiger partial charge in [0.15, 0.2) is 5.75 Å². The second-order valence-electron chi connectivity index (χ2n) is 4.79. The van der Waals surface area contributed by atoms with E-state index in [-0.39, 0.29) is 23.6 Å². The van der Waals surface area contributed by atoms with Gasteiger partial charge in [0.25, 0.3) is 0 Å². The molecule has 0 bridgehead atoms. The third-order valence-corrected chi connectivity index (χ3v) is 3.84. The van der Waals surface area contributed by atoms with Gasteiger partial charge < -0.3 is 9.64 Å². The third-order valence-electron chi connectivity index (χ3n) is 3.06. The number of halogens is 3. The Labute approximate surface area is 160 Å². The molecule has 0 unspecified atom stereocenters. The lowest BCUT2D eigenvalue weighted by Crippen LogP contribution is -2.37. The molecule has 0 aliphatic carbocycles. The predicted molar refractivity (Wildman–Crippen MR) is 103 cm³/mol. The molecule has 0 aliphatic rings. The summed E-state index contributed by atoms with van der Waals surface area (Å²) in [6, 6.07) is 2.97. The van der Waals surface area contributed by atoms with E-state index in [9.17, 15) is 4.79 Å². The van der Waals surface area contributed by atoms with Crippen LogP contribution in [0.15, 0.2) is 30.9 Å². The Morgan fingerprint density at radius 2 is 1.92 bits per heavy atom. The maximum Gasteiger partial charge on any atom is 0.329 e. The quantitative estimate of drug-likeness (QED) is 0.690. The molecule has 0 spiro atoms. The standard InChI is InChI=1S/C15H16Cl3N3O2.H4Si/c1-2-4-20(15(22)21-5-3-19-10-21)6-7-23-14-12(17)8-11(16)9-13(14)18;/h3,5,8-10H,2,4,6-7H2,1H3;1H4. The summed E-state index contributed by atoms with van der Waals surface area (Å²) in [5, 5.41) is 1.12. The van der Waals surface area contributed by atoms with E-state index in [1.807, 2.05) is 6.92 Å². The third kappa shape index (κ3) is 5.41. The number of carbonyl (C=O) groups excluding carboxylic acids is 1. The molecule has 2 aromatic rings. The van der Waals surface area contributed by atoms with Crippen LogP contribution in [0.4, 0.5) is 4.79 Å². The summed E-state index contributed by atoms with van der Waals surface area (Å²) >= 11 is 18.0. The van der Waals surface area contributed by atoms with Gasteiger partial charge in [-0.25, -0.2) is 9.78 Å². The van der Waals surface area contributed by atoms with Gasteiger partial charge in [-0.15, -0.1) is 0 Å². The maximum absolute atomic E-state index is 12.3. The number of aromatic nitrogens is 2. The van der Waals surface area contributed by atoms with Gasteiger partial charge in [0, 0.05) is 24.0 Å². The Hall–Kier alpha value is -1.21. The van der Waals surface area contributed by atoms with Gasteiger partial charge in [-0.05, 0) is 29.5 Å². The van der Waals surface area contributed by atoms with Gasteiger partial charge >= 0.3 is 6.03 Å². The Morgan fingerprint density at radius 3 is 2.46 bits per heavy atom. The zero-order chi connectivity index (χ0) is 16.8. The summed E-state index contributed by atoms with van der Waals surface area (Å²) in [7, 11) is 0. The number of rotatable bonds is 6. The molecular formula is C15H20Cl3N3O2Si. The predicted octanol–water partition coefficient (Wildman–Crippen LogP) is 3.15. The van der Waals surface area contributed by atoms with Crippen LogP contribution in [0.3, 0.4) is 0 Å². The number of hydrogen-bond acceptors (Lipinski definition) is 3. The number of amides is 1. The molecule has 0 fully saturated rings. The second kappa shape index (κ2) is 9.93. The van der Waals surface area contributed by atoms with E-state index in [0.29, 0.717) is 33.9 Å². The summed E-state index contributed by atoms with van der Waals surface area (Å²) < 4.78 is 7.05. The van der Waals surface area contributed by atoms with E-state index in [4.69, 9.17) is 39.5 Å². The Balaban J connectivity index is 0.00000288. The minimum absolute atomic E-state index is 0. The molecule has 0 N–H and O–H groups in total. The normalized spacial score (nSPS) is 10.2. The van der Waals surface area contributed by atoms with Crippen LogP contribution in [-0.4, -0.2) is 51.1 Å². The summed E-state index contributed by atoms with van der Waals surface area (Å²) in [5.41, 5.74) is 0. The van der Waals surface area contributed by atoms with Crippen LogP contribution in [0, 0.1) is 0 Å². The molecule has 0 saturated heterocycles. The average molecular weight is 409 g/mol. The summed E-state index contributed by atoms with van der Waals surface area (Å²) in [4.78, 5) is 17.9. The molecule has 132 valence electrons. The van der Waals surface area contributed by atoms with Crippen molar-refractivity contribution in [2.24, 2.45) is 0 Å². The van der Waals surface area contributed by atoms with Crippen LogP contribution in [0.2, 0.25) is 15.1 Å². The van der Waals surface area contributed by atoms with E-state index in [2.05, 4.69) is 4.98 Å². The lowest BCUT2D eigenvalue weighted by molar-refractivity contribution is 0.184. The van der Waals surface area contributed by atoms with Crippen molar-refractivity contribution in [2.45, 2.75) is 13.3 Å². The Morgan fingerprint density at radius 1 is 1.25 bits per heavy atom. The van der Waals surface area contributed by atoms with Gasteiger partial charge in [0.05, 0.1) is 16.6 Å². The van der Waals surface area contributed by atoms with Crippen LogP contribution in [0.1, 0.15) is 13.3 Å². The zero-order valence-electron chi connectivity index (χ0n) is 12.5. The lowest BCUT2D eigenvalue weighted by atomic mass is 10.3. The van der Waals surface area contributed by atoms with Crippen molar-refractivity contribution in [3.63, 3.8) is 0 Å². The first-order valence-electron chi connectivity index (χ1n) is 7.07. The molecule has 1 heterocycles. The van der Waals surface area contributed by atoms with E-state index < -0.39 is 0 Å². The van der Waals surface area contributed by atoms with Gasteiger partial charge in [-0.3, -0.25) is 4.57 Å². The van der Waals surface area contributed by atoms with Gasteiger partial charge in [0.2, 0.25) is 0 Å². The van der Waals surface area contributed by atoms with Crippen LogP contribution in [-0.2, 0) is 0 Å². The van der Waals surface area contributed by atoms with Crippen molar-refractivity contribution in [1.82, 2.24) is 14.5 Å². The van der Waals surface area contributed by atoms with Crippen LogP contribution >= 0.6 is 34.8 Å². The van der Waals surface area contributed by atoms with Crippen LogP contribution in [0.25, 0.3) is 0 Å². The van der Waals surface area contributed by atoms with E-state index in [0.717, 1.165) is 6.42 Å². The molecule has 2 rings (SSSR count). The van der Waals surface area contributed by atoms with Crippen molar-refractivity contribution < 1.29 is 9.53 Å². The molecule has 0 saturated carbocycles. The molecular weight excluding hydrogens is 389 g/mol. The fourth-order valence-electron chi connectivity index (χ4n) is 2.03. The summed E-state index contributed by atoms with van der Waals surface area (Å²) in [5.74, 6) is 0.365. The highest BCUT2D eigenvalue weighted by atomic mass is 35.5. The number of ether oxygens (including phenoxy) is 1. The first kappa shape index (κ1) is 20.8. The SMILES string of the molecule is CCCN(CCOc1c(Cl)cc(Cl)cc1Cl)C(=O)n1ccnc1.[SiH4]. The summed E-state index contributed by atoms with van der Waals surface area (Å²) in [6.45, 7) is 3.28. The molecule has 1 aromatic carbocycles. The number of carbonyl (C=O) groups is 1. The fourth-order valence-corrected chi connectivity index (χ4v) is 2.96. The Kier molecular flexibility index (Phi) is 8.62. The van der Waals surface area contributed by atoms with E-state index in [1.165, 1.54) is 10.9 Å². The zero-order valence-corrected chi connectivity index (χ0v) is 14.8.